The molecule has 5 nitrogen and oxygen atoms in total. The molecule has 0 fully saturated rings. The van der Waals surface area contributed by atoms with Gasteiger partial charge in [-0.1, -0.05) is 6.07 Å². The summed E-state index contributed by atoms with van der Waals surface area (Å²) in [5.74, 6) is 0.540. The summed E-state index contributed by atoms with van der Waals surface area (Å²) in [6, 6.07) is 6.36. The molecule has 17 heavy (non-hydrogen) atoms. The van der Waals surface area contributed by atoms with Crippen LogP contribution in [0.3, 0.4) is 0 Å². The van der Waals surface area contributed by atoms with E-state index in [1.165, 1.54) is 12.1 Å². The van der Waals surface area contributed by atoms with E-state index in [-0.39, 0.29) is 30.4 Å². The maximum Gasteiger partial charge on any atom is 0.240 e. The van der Waals surface area contributed by atoms with Crippen molar-refractivity contribution >= 4 is 22.4 Å². The maximum absolute atomic E-state index is 11.7. The van der Waals surface area contributed by atoms with Crippen LogP contribution in [0.5, 0.6) is 5.75 Å². The van der Waals surface area contributed by atoms with Crippen molar-refractivity contribution in [3.8, 4) is 5.75 Å². The standard InChI is InChI=1S/C10H16N2O3S.ClH/c1-2-15-9-4-3-5-10(8-9)16(13,14)12-7-6-11;/h3-5,8,12H,2,6-7,11H2,1H3;1H. The Kier molecular flexibility index (Phi) is 7.13. The lowest BCUT2D eigenvalue weighted by Crippen LogP contribution is -2.29. The molecule has 1 aromatic carbocycles. The summed E-state index contributed by atoms with van der Waals surface area (Å²) < 4.78 is 31.1. The molecule has 1 aromatic rings. The lowest BCUT2D eigenvalue weighted by molar-refractivity contribution is 0.339. The zero-order valence-electron chi connectivity index (χ0n) is 9.55. The molecule has 98 valence electrons. The van der Waals surface area contributed by atoms with Gasteiger partial charge >= 0.3 is 0 Å². The molecule has 0 saturated carbocycles. The monoisotopic (exact) mass is 280 g/mol. The van der Waals surface area contributed by atoms with Gasteiger partial charge in [0.25, 0.3) is 0 Å². The van der Waals surface area contributed by atoms with Crippen molar-refractivity contribution in [2.45, 2.75) is 11.8 Å². The largest absolute Gasteiger partial charge is 0.494 e. The summed E-state index contributed by atoms with van der Waals surface area (Å²) in [6.45, 7) is 2.83. The van der Waals surface area contributed by atoms with Crippen molar-refractivity contribution in [2.24, 2.45) is 5.73 Å². The molecule has 0 amide bonds. The minimum Gasteiger partial charge on any atom is -0.494 e. The van der Waals surface area contributed by atoms with Crippen molar-refractivity contribution in [2.75, 3.05) is 19.7 Å². The molecular formula is C10H17ClN2O3S. The fraction of sp³-hybridized carbons (Fsp3) is 0.400. The molecule has 0 saturated heterocycles. The number of rotatable bonds is 6. The van der Waals surface area contributed by atoms with Crippen LogP contribution in [0.2, 0.25) is 0 Å². The van der Waals surface area contributed by atoms with Crippen LogP contribution in [0.15, 0.2) is 29.2 Å². The van der Waals surface area contributed by atoms with Crippen LogP contribution in [0, 0.1) is 0 Å². The van der Waals surface area contributed by atoms with E-state index in [1.807, 2.05) is 6.92 Å². The number of nitrogens with one attached hydrogen (secondary N) is 1. The first-order chi connectivity index (χ1) is 7.60. The Bertz CT molecular complexity index is 437. The van der Waals surface area contributed by atoms with E-state index in [4.69, 9.17) is 10.5 Å². The van der Waals surface area contributed by atoms with Gasteiger partial charge in [-0.2, -0.15) is 0 Å². The summed E-state index contributed by atoms with van der Waals surface area (Å²) in [6.07, 6.45) is 0. The summed E-state index contributed by atoms with van der Waals surface area (Å²) in [5, 5.41) is 0. The van der Waals surface area contributed by atoms with E-state index < -0.39 is 10.0 Å². The Hall–Kier alpha value is -0.820. The molecule has 0 spiro atoms. The number of benzene rings is 1. The van der Waals surface area contributed by atoms with Crippen molar-refractivity contribution in [1.29, 1.82) is 0 Å². The first-order valence-electron chi connectivity index (χ1n) is 5.02. The van der Waals surface area contributed by atoms with Crippen molar-refractivity contribution < 1.29 is 13.2 Å². The number of hydrogen-bond donors (Lipinski definition) is 2. The third kappa shape index (κ3) is 4.91. The van der Waals surface area contributed by atoms with E-state index in [0.29, 0.717) is 12.4 Å². The van der Waals surface area contributed by atoms with Gasteiger partial charge in [-0.3, -0.25) is 0 Å². The van der Waals surface area contributed by atoms with E-state index in [2.05, 4.69) is 4.72 Å². The van der Waals surface area contributed by atoms with Crippen molar-refractivity contribution in [3.05, 3.63) is 24.3 Å². The molecule has 0 aromatic heterocycles. The van der Waals surface area contributed by atoms with Gasteiger partial charge in [0.05, 0.1) is 11.5 Å². The Morgan fingerprint density at radius 2 is 2.12 bits per heavy atom. The average molecular weight is 281 g/mol. The molecule has 1 rings (SSSR count). The molecule has 0 aliphatic carbocycles. The lowest BCUT2D eigenvalue weighted by atomic mass is 10.3. The van der Waals surface area contributed by atoms with E-state index in [0.717, 1.165) is 0 Å². The Balaban J connectivity index is 0.00000256. The highest BCUT2D eigenvalue weighted by Crippen LogP contribution is 2.16. The molecule has 0 atom stereocenters. The molecule has 7 heteroatoms. The Morgan fingerprint density at radius 3 is 2.71 bits per heavy atom. The molecular weight excluding hydrogens is 264 g/mol. The van der Waals surface area contributed by atoms with Crippen LogP contribution in [0.4, 0.5) is 0 Å². The zero-order valence-corrected chi connectivity index (χ0v) is 11.2. The number of nitrogens with two attached hydrogens (primary N) is 1. The molecule has 0 bridgehead atoms. The maximum atomic E-state index is 11.7. The second kappa shape index (κ2) is 7.50. The predicted molar refractivity (Wildman–Crippen MR) is 69.1 cm³/mol. The fourth-order valence-corrected chi connectivity index (χ4v) is 2.26. The van der Waals surface area contributed by atoms with Crippen LogP contribution in [-0.2, 0) is 10.0 Å². The van der Waals surface area contributed by atoms with E-state index >= 15 is 0 Å². The molecule has 0 aliphatic heterocycles. The zero-order chi connectivity index (χ0) is 12.0. The van der Waals surface area contributed by atoms with Gasteiger partial charge in [0.1, 0.15) is 5.75 Å². The van der Waals surface area contributed by atoms with Gasteiger partial charge in [-0.15, -0.1) is 12.4 Å². The van der Waals surface area contributed by atoms with Gasteiger partial charge < -0.3 is 10.5 Å². The van der Waals surface area contributed by atoms with Crippen LogP contribution in [-0.4, -0.2) is 28.1 Å². The number of sulfonamides is 1. The highest BCUT2D eigenvalue weighted by molar-refractivity contribution is 7.89. The second-order valence-corrected chi connectivity index (χ2v) is 4.86. The van der Waals surface area contributed by atoms with Crippen LogP contribution < -0.4 is 15.2 Å². The smallest absolute Gasteiger partial charge is 0.240 e. The quantitative estimate of drug-likeness (QED) is 0.805. The van der Waals surface area contributed by atoms with Crippen LogP contribution >= 0.6 is 12.4 Å². The van der Waals surface area contributed by atoms with Crippen molar-refractivity contribution in [3.63, 3.8) is 0 Å². The number of ether oxygens (including phenoxy) is 1. The summed E-state index contributed by atoms with van der Waals surface area (Å²) >= 11 is 0. The predicted octanol–water partition coefficient (Wildman–Crippen LogP) is 0.744. The van der Waals surface area contributed by atoms with E-state index in [9.17, 15) is 8.42 Å². The molecule has 0 aliphatic rings. The van der Waals surface area contributed by atoms with Gasteiger partial charge in [0, 0.05) is 19.2 Å². The molecule has 0 unspecified atom stereocenters. The highest BCUT2D eigenvalue weighted by Gasteiger charge is 2.13. The minimum atomic E-state index is -3.47. The topological polar surface area (TPSA) is 81.4 Å². The third-order valence-corrected chi connectivity index (χ3v) is 3.32. The summed E-state index contributed by atoms with van der Waals surface area (Å²) in [7, 11) is -3.47. The molecule has 0 radical (unpaired) electrons. The van der Waals surface area contributed by atoms with Gasteiger partial charge in [-0.25, -0.2) is 13.1 Å². The lowest BCUT2D eigenvalue weighted by Gasteiger charge is -2.07. The van der Waals surface area contributed by atoms with Gasteiger partial charge in [-0.05, 0) is 19.1 Å². The Labute approximate surface area is 108 Å². The first-order valence-corrected chi connectivity index (χ1v) is 6.51. The van der Waals surface area contributed by atoms with E-state index in [1.54, 1.807) is 12.1 Å². The van der Waals surface area contributed by atoms with Gasteiger partial charge in [0.15, 0.2) is 0 Å². The first kappa shape index (κ1) is 16.2. The number of hydrogen-bond acceptors (Lipinski definition) is 4. The fourth-order valence-electron chi connectivity index (χ4n) is 1.17. The highest BCUT2D eigenvalue weighted by atomic mass is 35.5. The minimum absolute atomic E-state index is 0. The third-order valence-electron chi connectivity index (χ3n) is 1.86. The normalized spacial score (nSPS) is 10.7. The van der Waals surface area contributed by atoms with Crippen molar-refractivity contribution in [1.82, 2.24) is 4.72 Å². The van der Waals surface area contributed by atoms with Crippen LogP contribution in [0.1, 0.15) is 6.92 Å². The van der Waals surface area contributed by atoms with Crippen LogP contribution in [0.25, 0.3) is 0 Å². The molecule has 0 heterocycles. The second-order valence-electron chi connectivity index (χ2n) is 3.09. The summed E-state index contributed by atoms with van der Waals surface area (Å²) in [5.41, 5.74) is 5.24. The number of halogens is 1. The SMILES string of the molecule is CCOc1cccc(S(=O)(=O)NCCN)c1.Cl. The average Bonchev–Trinajstić information content (AvgIpc) is 2.27. The van der Waals surface area contributed by atoms with Gasteiger partial charge in [0.2, 0.25) is 10.0 Å². The summed E-state index contributed by atoms with van der Waals surface area (Å²) in [4.78, 5) is 0.187. The molecule has 3 N–H and O–H groups in total. The Morgan fingerprint density at radius 1 is 1.41 bits per heavy atom.